The Morgan fingerprint density at radius 3 is 2.14 bits per heavy atom. The van der Waals surface area contributed by atoms with E-state index in [1.165, 1.54) is 12.1 Å². The molecule has 0 amide bonds. The Morgan fingerprint density at radius 1 is 0.882 bits per heavy atom. The molecule has 4 aromatic carbocycles. The van der Waals surface area contributed by atoms with Crippen molar-refractivity contribution >= 4 is 81.4 Å². The molecule has 0 bridgehead atoms. The van der Waals surface area contributed by atoms with E-state index in [-0.39, 0.29) is 40.9 Å². The van der Waals surface area contributed by atoms with E-state index in [1.54, 1.807) is 36.4 Å². The van der Waals surface area contributed by atoms with Crippen LogP contribution in [0.1, 0.15) is 36.0 Å². The van der Waals surface area contributed by atoms with E-state index in [1.807, 2.05) is 37.3 Å². The SMILES string of the molecule is CN1CCC(CCOC(=O)Cc2ccccc2Nc2c(Cl)cccc2Cl)(SN=O)CC1.Cc1ccc(Nc2c(F)cccc2Cl)c(CC(=O)O)c1. The summed E-state index contributed by atoms with van der Waals surface area (Å²) < 4.78 is 22.1. The van der Waals surface area contributed by atoms with Crippen LogP contribution in [0.5, 0.6) is 0 Å². The number of esters is 1. The number of piperidine rings is 1. The summed E-state index contributed by atoms with van der Waals surface area (Å²) in [6.45, 7) is 3.93. The first-order valence-corrected chi connectivity index (χ1v) is 18.0. The van der Waals surface area contributed by atoms with Crippen molar-refractivity contribution in [2.24, 2.45) is 4.58 Å². The number of aryl methyl sites for hydroxylation is 1. The molecule has 0 aliphatic carbocycles. The monoisotopic (exact) mass is 774 g/mol. The quantitative estimate of drug-likeness (QED) is 0.0692. The molecule has 0 spiro atoms. The minimum absolute atomic E-state index is 0.111. The predicted molar refractivity (Wildman–Crippen MR) is 206 cm³/mol. The second kappa shape index (κ2) is 19.1. The molecular formula is C37H38Cl3FN4O5S. The molecule has 1 aliphatic heterocycles. The second-order valence-corrected chi connectivity index (χ2v) is 14.6. The zero-order valence-corrected chi connectivity index (χ0v) is 31.1. The van der Waals surface area contributed by atoms with Gasteiger partial charge in [-0.3, -0.25) is 9.59 Å². The molecule has 1 saturated heterocycles. The number of ether oxygens (including phenoxy) is 1. The van der Waals surface area contributed by atoms with Gasteiger partial charge in [-0.25, -0.2) is 4.39 Å². The number of halogens is 4. The van der Waals surface area contributed by atoms with Crippen molar-refractivity contribution in [3.63, 3.8) is 0 Å². The molecule has 1 aliphatic rings. The van der Waals surface area contributed by atoms with E-state index in [0.29, 0.717) is 33.4 Å². The van der Waals surface area contributed by atoms with Crippen LogP contribution in [-0.4, -0.2) is 53.4 Å². The van der Waals surface area contributed by atoms with Gasteiger partial charge >= 0.3 is 11.9 Å². The van der Waals surface area contributed by atoms with Crippen LogP contribution in [0.3, 0.4) is 0 Å². The fourth-order valence-corrected chi connectivity index (χ4v) is 6.90. The predicted octanol–water partition coefficient (Wildman–Crippen LogP) is 10.3. The fraction of sp³-hybridized carbons (Fsp3) is 0.297. The highest BCUT2D eigenvalue weighted by atomic mass is 35.5. The Morgan fingerprint density at radius 2 is 1.49 bits per heavy atom. The standard InChI is InChI=1S/C22H25Cl2N3O3S.C15H13ClFNO2/c1-27-12-9-22(10-13-27,31-26-29)11-14-30-20(28)15-16-5-2-3-8-19(16)25-21-17(23)6-4-7-18(21)24;1-9-5-6-13(10(7-9)8-14(19)20)18-15-11(16)3-2-4-12(15)17/h2-8,25H,9-15H2,1H3;2-7,18H,8H2,1H3,(H,19,20). The maximum atomic E-state index is 13.7. The smallest absolute Gasteiger partial charge is 0.310 e. The van der Waals surface area contributed by atoms with E-state index in [4.69, 9.17) is 44.6 Å². The van der Waals surface area contributed by atoms with Crippen LogP contribution in [0.2, 0.25) is 15.1 Å². The summed E-state index contributed by atoms with van der Waals surface area (Å²) >= 11 is 19.5. The number of nitrogens with one attached hydrogen (secondary N) is 2. The van der Waals surface area contributed by atoms with Gasteiger partial charge in [-0.1, -0.05) is 82.8 Å². The fourth-order valence-electron chi connectivity index (χ4n) is 5.50. The zero-order chi connectivity index (χ0) is 37.0. The molecule has 3 N–H and O–H groups in total. The molecule has 0 unspecified atom stereocenters. The van der Waals surface area contributed by atoms with Crippen LogP contribution < -0.4 is 10.6 Å². The third-order valence-electron chi connectivity index (χ3n) is 8.35. The van der Waals surface area contributed by atoms with Gasteiger partial charge in [0.25, 0.3) is 0 Å². The molecule has 14 heteroatoms. The number of carbonyl (C=O) groups is 2. The largest absolute Gasteiger partial charge is 0.481 e. The number of likely N-dealkylation sites (tertiary alicyclic amines) is 1. The van der Waals surface area contributed by atoms with Crippen LogP contribution in [-0.2, 0) is 27.2 Å². The number of hydrogen-bond acceptors (Lipinski definition) is 9. The number of rotatable bonds is 13. The van der Waals surface area contributed by atoms with Gasteiger partial charge in [0.15, 0.2) is 0 Å². The number of para-hydroxylation sites is 3. The Balaban J connectivity index is 0.000000251. The van der Waals surface area contributed by atoms with Crippen molar-refractivity contribution in [1.82, 2.24) is 4.90 Å². The van der Waals surface area contributed by atoms with Crippen molar-refractivity contribution in [3.05, 3.63) is 121 Å². The number of carbonyl (C=O) groups excluding carboxylic acids is 1. The average Bonchev–Trinajstić information content (AvgIpc) is 3.08. The van der Waals surface area contributed by atoms with Crippen molar-refractivity contribution < 1.29 is 23.8 Å². The van der Waals surface area contributed by atoms with Crippen LogP contribution in [0, 0.1) is 17.6 Å². The molecule has 5 rings (SSSR count). The highest BCUT2D eigenvalue weighted by Crippen LogP contribution is 2.40. The number of carboxylic acid groups (broad SMARTS) is 1. The summed E-state index contributed by atoms with van der Waals surface area (Å²) in [6, 6.07) is 22.4. The average molecular weight is 776 g/mol. The molecule has 0 atom stereocenters. The van der Waals surface area contributed by atoms with E-state index < -0.39 is 11.8 Å². The summed E-state index contributed by atoms with van der Waals surface area (Å²) in [4.78, 5) is 36.5. The van der Waals surface area contributed by atoms with E-state index in [9.17, 15) is 18.9 Å². The molecular weight excluding hydrogens is 738 g/mol. The van der Waals surface area contributed by atoms with Crippen LogP contribution in [0.15, 0.2) is 83.4 Å². The third kappa shape index (κ3) is 11.8. The number of nitroso groups, excluding NO2 is 1. The minimum atomic E-state index is -0.946. The zero-order valence-electron chi connectivity index (χ0n) is 28.1. The lowest BCUT2D eigenvalue weighted by molar-refractivity contribution is -0.143. The van der Waals surface area contributed by atoms with Gasteiger partial charge in [-0.05, 0) is 93.8 Å². The van der Waals surface area contributed by atoms with Crippen LogP contribution >= 0.6 is 46.8 Å². The first-order valence-electron chi connectivity index (χ1n) is 16.1. The first kappa shape index (κ1) is 39.9. The topological polar surface area (TPSA) is 120 Å². The lowest BCUT2D eigenvalue weighted by Crippen LogP contribution is -2.41. The Labute approximate surface area is 315 Å². The summed E-state index contributed by atoms with van der Waals surface area (Å²) in [5, 5.41) is 16.3. The van der Waals surface area contributed by atoms with Crippen LogP contribution in [0.25, 0.3) is 0 Å². The van der Waals surface area contributed by atoms with Gasteiger partial charge < -0.3 is 25.4 Å². The summed E-state index contributed by atoms with van der Waals surface area (Å²) in [6.07, 6.45) is 2.28. The maximum Gasteiger partial charge on any atom is 0.310 e. The van der Waals surface area contributed by atoms with Gasteiger partial charge in [0, 0.05) is 32.7 Å². The molecule has 0 saturated carbocycles. The Hall–Kier alpha value is -3.87. The number of benzene rings is 4. The van der Waals surface area contributed by atoms with Crippen LogP contribution in [0.4, 0.5) is 27.1 Å². The number of aliphatic carboxylic acids is 1. The molecule has 1 fully saturated rings. The normalized spacial score (nSPS) is 13.8. The summed E-state index contributed by atoms with van der Waals surface area (Å²) in [7, 11) is 2.06. The maximum absolute atomic E-state index is 13.7. The van der Waals surface area contributed by atoms with E-state index in [2.05, 4.69) is 27.2 Å². The molecule has 1 heterocycles. The molecule has 0 radical (unpaired) electrons. The molecule has 0 aromatic heterocycles. The number of nitrogens with zero attached hydrogens (tertiary/aromatic N) is 2. The van der Waals surface area contributed by atoms with Crippen molar-refractivity contribution in [3.8, 4) is 0 Å². The number of carboxylic acids is 1. The van der Waals surface area contributed by atoms with E-state index in [0.717, 1.165) is 54.7 Å². The molecule has 51 heavy (non-hydrogen) atoms. The van der Waals surface area contributed by atoms with Gasteiger partial charge in [0.05, 0.1) is 45.9 Å². The molecule has 4 aromatic rings. The number of anilines is 4. The lowest BCUT2D eigenvalue weighted by Gasteiger charge is -2.37. The van der Waals surface area contributed by atoms with Gasteiger partial charge in [0.1, 0.15) is 5.82 Å². The highest BCUT2D eigenvalue weighted by molar-refractivity contribution is 7.99. The second-order valence-electron chi connectivity index (χ2n) is 12.1. The molecule has 270 valence electrons. The van der Waals surface area contributed by atoms with Gasteiger partial charge in [0.2, 0.25) is 0 Å². The third-order valence-corrected chi connectivity index (χ3v) is 10.4. The van der Waals surface area contributed by atoms with Gasteiger partial charge in [-0.15, -0.1) is 4.91 Å². The Kier molecular flexibility index (Phi) is 14.9. The van der Waals surface area contributed by atoms with Crippen molar-refractivity contribution in [1.29, 1.82) is 0 Å². The van der Waals surface area contributed by atoms with E-state index >= 15 is 0 Å². The summed E-state index contributed by atoms with van der Waals surface area (Å²) in [5.41, 5.74) is 4.30. The minimum Gasteiger partial charge on any atom is -0.481 e. The highest BCUT2D eigenvalue weighted by Gasteiger charge is 2.35. The van der Waals surface area contributed by atoms with Gasteiger partial charge in [-0.2, -0.15) is 0 Å². The Bertz CT molecular complexity index is 1800. The molecule has 9 nitrogen and oxygen atoms in total. The van der Waals surface area contributed by atoms with Crippen molar-refractivity contribution in [2.45, 2.75) is 43.8 Å². The van der Waals surface area contributed by atoms with Crippen molar-refractivity contribution in [2.75, 3.05) is 37.4 Å². The lowest BCUT2D eigenvalue weighted by atomic mass is 9.93. The first-order chi connectivity index (χ1) is 24.4. The number of hydrogen-bond donors (Lipinski definition) is 3. The summed E-state index contributed by atoms with van der Waals surface area (Å²) in [5.74, 6) is -1.76.